The summed E-state index contributed by atoms with van der Waals surface area (Å²) in [6.45, 7) is 1.96. The Labute approximate surface area is 101 Å². The smallest absolute Gasteiger partial charge is 0.161 e. The molecule has 1 aliphatic rings. The van der Waals surface area contributed by atoms with Gasteiger partial charge in [-0.05, 0) is 37.6 Å². The summed E-state index contributed by atoms with van der Waals surface area (Å²) in [6, 6.07) is 3.68. The molecule has 0 radical (unpaired) electrons. The first-order valence-electron chi connectivity index (χ1n) is 5.94. The summed E-state index contributed by atoms with van der Waals surface area (Å²) in [6.07, 6.45) is 7.08. The van der Waals surface area contributed by atoms with Crippen molar-refractivity contribution in [2.45, 2.75) is 25.3 Å². The van der Waals surface area contributed by atoms with Crippen molar-refractivity contribution < 1.29 is 5.21 Å². The van der Waals surface area contributed by atoms with E-state index in [0.29, 0.717) is 0 Å². The molecule has 92 valence electrons. The number of hydrogen-bond donors (Lipinski definition) is 2. The van der Waals surface area contributed by atoms with Crippen molar-refractivity contribution in [3.05, 3.63) is 30.1 Å². The minimum Gasteiger partial charge on any atom is -0.409 e. The second-order valence-electron chi connectivity index (χ2n) is 4.31. The van der Waals surface area contributed by atoms with E-state index in [0.717, 1.165) is 31.5 Å². The van der Waals surface area contributed by atoms with E-state index in [1.807, 2.05) is 12.1 Å². The number of rotatable bonds is 3. The molecule has 0 amide bonds. The van der Waals surface area contributed by atoms with E-state index in [1.54, 1.807) is 12.4 Å². The maximum Gasteiger partial charge on any atom is 0.161 e. The van der Waals surface area contributed by atoms with Crippen LogP contribution in [0.4, 0.5) is 0 Å². The monoisotopic (exact) mass is 234 g/mol. The van der Waals surface area contributed by atoms with Crippen LogP contribution in [0.5, 0.6) is 0 Å². The number of nitrogens with zero attached hydrogens (tertiary/aromatic N) is 3. The van der Waals surface area contributed by atoms with Gasteiger partial charge in [-0.1, -0.05) is 17.6 Å². The van der Waals surface area contributed by atoms with Crippen LogP contribution in [0.1, 0.15) is 30.9 Å². The predicted molar refractivity (Wildman–Crippen MR) is 65.8 cm³/mol. The highest BCUT2D eigenvalue weighted by molar-refractivity contribution is 5.86. The lowest BCUT2D eigenvalue weighted by Crippen LogP contribution is -2.41. The molecule has 5 heteroatoms. The molecule has 2 rings (SSSR count). The van der Waals surface area contributed by atoms with E-state index in [2.05, 4.69) is 15.0 Å². The van der Waals surface area contributed by atoms with Gasteiger partial charge in [0.05, 0.1) is 6.04 Å². The first kappa shape index (κ1) is 11.9. The first-order valence-corrected chi connectivity index (χ1v) is 5.94. The number of hydrogen-bond acceptors (Lipinski definition) is 4. The number of nitrogens with two attached hydrogens (primary N) is 1. The molecule has 1 aromatic heterocycles. The topological polar surface area (TPSA) is 74.7 Å². The van der Waals surface area contributed by atoms with Gasteiger partial charge in [0, 0.05) is 12.4 Å². The number of pyridine rings is 1. The zero-order valence-corrected chi connectivity index (χ0v) is 9.79. The standard InChI is InChI=1S/C12H18N4O/c13-12(15-17)11(10-5-4-6-14-9-10)16-7-2-1-3-8-16/h4-6,9,11,17H,1-3,7-8H2,(H2,13,15)/t11-/m1/s1. The zero-order valence-electron chi connectivity index (χ0n) is 9.79. The second kappa shape index (κ2) is 5.63. The molecule has 1 atom stereocenters. The molecule has 1 fully saturated rings. The van der Waals surface area contributed by atoms with Crippen molar-refractivity contribution in [1.82, 2.24) is 9.88 Å². The molecule has 0 aliphatic carbocycles. The Morgan fingerprint density at radius 3 is 2.76 bits per heavy atom. The highest BCUT2D eigenvalue weighted by Crippen LogP contribution is 2.24. The fourth-order valence-corrected chi connectivity index (χ4v) is 2.34. The lowest BCUT2D eigenvalue weighted by atomic mass is 10.0. The number of likely N-dealkylation sites (tertiary alicyclic amines) is 1. The average Bonchev–Trinajstić information content (AvgIpc) is 2.41. The van der Waals surface area contributed by atoms with E-state index in [4.69, 9.17) is 10.9 Å². The molecule has 0 unspecified atom stereocenters. The fraction of sp³-hybridized carbons (Fsp3) is 0.500. The predicted octanol–water partition coefficient (Wildman–Crippen LogP) is 1.35. The molecule has 1 saturated heterocycles. The van der Waals surface area contributed by atoms with Gasteiger partial charge >= 0.3 is 0 Å². The Hall–Kier alpha value is -1.62. The van der Waals surface area contributed by atoms with Gasteiger partial charge in [-0.15, -0.1) is 0 Å². The largest absolute Gasteiger partial charge is 0.409 e. The van der Waals surface area contributed by atoms with Crippen LogP contribution in [0, 0.1) is 0 Å². The van der Waals surface area contributed by atoms with Gasteiger partial charge < -0.3 is 10.9 Å². The van der Waals surface area contributed by atoms with Crippen molar-refractivity contribution in [1.29, 1.82) is 0 Å². The molecule has 3 N–H and O–H groups in total. The van der Waals surface area contributed by atoms with Crippen LogP contribution >= 0.6 is 0 Å². The quantitative estimate of drug-likeness (QED) is 0.358. The van der Waals surface area contributed by atoms with Crippen LogP contribution in [-0.4, -0.2) is 34.0 Å². The van der Waals surface area contributed by atoms with Crippen molar-refractivity contribution in [3.8, 4) is 0 Å². The molecule has 17 heavy (non-hydrogen) atoms. The fourth-order valence-electron chi connectivity index (χ4n) is 2.34. The number of aromatic nitrogens is 1. The van der Waals surface area contributed by atoms with Crippen molar-refractivity contribution in [3.63, 3.8) is 0 Å². The number of oxime groups is 1. The molecule has 0 aromatic carbocycles. The van der Waals surface area contributed by atoms with Gasteiger partial charge in [0.2, 0.25) is 0 Å². The van der Waals surface area contributed by atoms with E-state index < -0.39 is 0 Å². The first-order chi connectivity index (χ1) is 8.33. The number of piperidine rings is 1. The van der Waals surface area contributed by atoms with E-state index in [-0.39, 0.29) is 11.9 Å². The maximum atomic E-state index is 8.91. The van der Waals surface area contributed by atoms with Crippen molar-refractivity contribution in [2.24, 2.45) is 10.9 Å². The second-order valence-corrected chi connectivity index (χ2v) is 4.31. The molecule has 0 bridgehead atoms. The number of amidine groups is 1. The van der Waals surface area contributed by atoms with Gasteiger partial charge in [-0.2, -0.15) is 0 Å². The zero-order chi connectivity index (χ0) is 12.1. The minimum atomic E-state index is -0.158. The van der Waals surface area contributed by atoms with E-state index >= 15 is 0 Å². The summed E-state index contributed by atoms with van der Waals surface area (Å²) in [4.78, 5) is 6.34. The van der Waals surface area contributed by atoms with Crippen LogP contribution in [0.3, 0.4) is 0 Å². The molecule has 5 nitrogen and oxygen atoms in total. The van der Waals surface area contributed by atoms with Crippen molar-refractivity contribution >= 4 is 5.84 Å². The summed E-state index contributed by atoms with van der Waals surface area (Å²) >= 11 is 0. The molecule has 1 aromatic rings. The van der Waals surface area contributed by atoms with Gasteiger partial charge in [0.15, 0.2) is 5.84 Å². The van der Waals surface area contributed by atoms with Gasteiger partial charge in [0.1, 0.15) is 0 Å². The summed E-state index contributed by atoms with van der Waals surface area (Å²) < 4.78 is 0. The van der Waals surface area contributed by atoms with E-state index in [1.165, 1.54) is 6.42 Å². The molecular formula is C12H18N4O. The Kier molecular flexibility index (Phi) is 3.93. The normalized spacial score (nSPS) is 20.1. The summed E-state index contributed by atoms with van der Waals surface area (Å²) in [5.41, 5.74) is 6.79. The van der Waals surface area contributed by atoms with Crippen LogP contribution in [-0.2, 0) is 0 Å². The van der Waals surface area contributed by atoms with Crippen LogP contribution < -0.4 is 5.73 Å². The average molecular weight is 234 g/mol. The van der Waals surface area contributed by atoms with Gasteiger partial charge in [-0.25, -0.2) is 0 Å². The Bertz CT molecular complexity index is 373. The third-order valence-electron chi connectivity index (χ3n) is 3.15. The third kappa shape index (κ3) is 2.74. The molecule has 0 spiro atoms. The van der Waals surface area contributed by atoms with Gasteiger partial charge in [0.25, 0.3) is 0 Å². The summed E-state index contributed by atoms with van der Waals surface area (Å²) in [5.74, 6) is 0.236. The minimum absolute atomic E-state index is 0.158. The molecule has 1 aliphatic heterocycles. The SMILES string of the molecule is NC(=NO)[C@@H](c1cccnc1)N1CCCCC1. The third-order valence-corrected chi connectivity index (χ3v) is 3.15. The highest BCUT2D eigenvalue weighted by atomic mass is 16.4. The molecule has 0 saturated carbocycles. The van der Waals surface area contributed by atoms with Crippen molar-refractivity contribution in [2.75, 3.05) is 13.1 Å². The summed E-state index contributed by atoms with van der Waals surface area (Å²) in [7, 11) is 0. The van der Waals surface area contributed by atoms with Crippen LogP contribution in [0.2, 0.25) is 0 Å². The molecular weight excluding hydrogens is 216 g/mol. The summed E-state index contributed by atoms with van der Waals surface area (Å²) in [5, 5.41) is 12.1. The van der Waals surface area contributed by atoms with E-state index in [9.17, 15) is 0 Å². The molecule has 2 heterocycles. The Morgan fingerprint density at radius 2 is 2.18 bits per heavy atom. The maximum absolute atomic E-state index is 8.91. The Morgan fingerprint density at radius 1 is 1.41 bits per heavy atom. The Balaban J connectivity index is 2.25. The van der Waals surface area contributed by atoms with Gasteiger partial charge in [-0.3, -0.25) is 9.88 Å². The lowest BCUT2D eigenvalue weighted by molar-refractivity contribution is 0.196. The lowest BCUT2D eigenvalue weighted by Gasteiger charge is -2.33. The van der Waals surface area contributed by atoms with Crippen LogP contribution in [0.15, 0.2) is 29.7 Å². The van der Waals surface area contributed by atoms with Crippen LogP contribution in [0.25, 0.3) is 0 Å². The highest BCUT2D eigenvalue weighted by Gasteiger charge is 2.25.